The van der Waals surface area contributed by atoms with E-state index in [0.29, 0.717) is 12.4 Å². The number of hydrogen-bond donors (Lipinski definition) is 2. The molecule has 0 atom stereocenters. The van der Waals surface area contributed by atoms with Crippen molar-refractivity contribution in [2.45, 2.75) is 27.3 Å². The van der Waals surface area contributed by atoms with Crippen LogP contribution in [0.1, 0.15) is 21.8 Å². The summed E-state index contributed by atoms with van der Waals surface area (Å²) in [5.41, 5.74) is 3.20. The summed E-state index contributed by atoms with van der Waals surface area (Å²) in [7, 11) is 0. The Morgan fingerprint density at radius 2 is 2.10 bits per heavy atom. The van der Waals surface area contributed by atoms with Crippen LogP contribution in [0.3, 0.4) is 0 Å². The Balaban J connectivity index is 1.90. The predicted molar refractivity (Wildman–Crippen MR) is 88.2 cm³/mol. The monoisotopic (exact) mass is 299 g/mol. The van der Waals surface area contributed by atoms with Crippen molar-refractivity contribution >= 4 is 27.2 Å². The molecule has 0 radical (unpaired) electrons. The van der Waals surface area contributed by atoms with Crippen LogP contribution in [0.25, 0.3) is 10.2 Å². The number of aryl methyl sites for hydroxylation is 3. The summed E-state index contributed by atoms with van der Waals surface area (Å²) in [4.78, 5) is 21.6. The second-order valence-corrected chi connectivity index (χ2v) is 6.40. The van der Waals surface area contributed by atoms with Crippen molar-refractivity contribution < 1.29 is 0 Å². The van der Waals surface area contributed by atoms with Crippen molar-refractivity contribution in [3.8, 4) is 0 Å². The van der Waals surface area contributed by atoms with Gasteiger partial charge in [0, 0.05) is 10.6 Å². The highest BCUT2D eigenvalue weighted by atomic mass is 32.1. The first-order valence-corrected chi connectivity index (χ1v) is 7.65. The van der Waals surface area contributed by atoms with Crippen molar-refractivity contribution in [2.24, 2.45) is 0 Å². The minimum atomic E-state index is -0.0529. The lowest BCUT2D eigenvalue weighted by molar-refractivity contribution is 0.956. The summed E-state index contributed by atoms with van der Waals surface area (Å²) in [6.07, 6.45) is 0. The SMILES string of the molecule is Cc1cccc(NCc2nc3sc(C)c(C)c3c(=O)[nH]2)c1. The second-order valence-electron chi connectivity index (χ2n) is 5.20. The number of rotatable bonds is 3. The number of thiophene rings is 1. The van der Waals surface area contributed by atoms with Crippen molar-refractivity contribution in [3.63, 3.8) is 0 Å². The van der Waals surface area contributed by atoms with Gasteiger partial charge in [0.2, 0.25) is 0 Å². The molecule has 0 aliphatic heterocycles. The summed E-state index contributed by atoms with van der Waals surface area (Å²) in [5, 5.41) is 4.01. The molecule has 0 spiro atoms. The van der Waals surface area contributed by atoms with E-state index in [0.717, 1.165) is 26.3 Å². The lowest BCUT2D eigenvalue weighted by Crippen LogP contribution is -2.14. The van der Waals surface area contributed by atoms with Crippen LogP contribution < -0.4 is 10.9 Å². The van der Waals surface area contributed by atoms with Gasteiger partial charge < -0.3 is 10.3 Å². The Bertz CT molecular complexity index is 864. The highest BCUT2D eigenvalue weighted by Gasteiger charge is 2.11. The van der Waals surface area contributed by atoms with Gasteiger partial charge in [0.1, 0.15) is 10.7 Å². The molecule has 4 nitrogen and oxygen atoms in total. The fourth-order valence-electron chi connectivity index (χ4n) is 2.32. The van der Waals surface area contributed by atoms with E-state index in [1.807, 2.05) is 26.0 Å². The fourth-order valence-corrected chi connectivity index (χ4v) is 3.37. The zero-order valence-corrected chi connectivity index (χ0v) is 13.1. The molecule has 2 aromatic heterocycles. The van der Waals surface area contributed by atoms with Gasteiger partial charge in [0.15, 0.2) is 0 Å². The van der Waals surface area contributed by atoms with Gasteiger partial charge in [-0.25, -0.2) is 4.98 Å². The van der Waals surface area contributed by atoms with E-state index in [4.69, 9.17) is 0 Å². The molecule has 3 rings (SSSR count). The minimum absolute atomic E-state index is 0.0529. The number of fused-ring (bicyclic) bond motifs is 1. The molecule has 0 saturated heterocycles. The normalized spacial score (nSPS) is 11.0. The van der Waals surface area contributed by atoms with E-state index >= 15 is 0 Å². The molecule has 2 heterocycles. The largest absolute Gasteiger partial charge is 0.378 e. The highest BCUT2D eigenvalue weighted by Crippen LogP contribution is 2.25. The molecule has 0 bridgehead atoms. The van der Waals surface area contributed by atoms with Crippen LogP contribution in [-0.4, -0.2) is 9.97 Å². The van der Waals surface area contributed by atoms with E-state index in [1.165, 1.54) is 5.56 Å². The second kappa shape index (κ2) is 5.33. The molecule has 0 aliphatic rings. The van der Waals surface area contributed by atoms with E-state index in [9.17, 15) is 4.79 Å². The molecular formula is C16H17N3OS. The molecule has 108 valence electrons. The quantitative estimate of drug-likeness (QED) is 0.778. The predicted octanol–water partition coefficient (Wildman–Crippen LogP) is 3.52. The first-order valence-electron chi connectivity index (χ1n) is 6.84. The van der Waals surface area contributed by atoms with E-state index in [2.05, 4.69) is 34.3 Å². The number of nitrogens with zero attached hydrogens (tertiary/aromatic N) is 1. The van der Waals surface area contributed by atoms with Gasteiger partial charge in [-0.1, -0.05) is 12.1 Å². The van der Waals surface area contributed by atoms with Crippen LogP contribution in [0.2, 0.25) is 0 Å². The smallest absolute Gasteiger partial charge is 0.259 e. The first kappa shape index (κ1) is 13.8. The summed E-state index contributed by atoms with van der Waals surface area (Å²) >= 11 is 1.57. The third kappa shape index (κ3) is 2.69. The number of H-pyrrole nitrogens is 1. The number of aromatic nitrogens is 2. The van der Waals surface area contributed by atoms with Gasteiger partial charge in [-0.05, 0) is 44.0 Å². The van der Waals surface area contributed by atoms with E-state index < -0.39 is 0 Å². The number of anilines is 1. The molecule has 5 heteroatoms. The highest BCUT2D eigenvalue weighted by molar-refractivity contribution is 7.18. The van der Waals surface area contributed by atoms with Crippen molar-refractivity contribution in [3.05, 3.63) is 56.4 Å². The van der Waals surface area contributed by atoms with Gasteiger partial charge in [-0.15, -0.1) is 11.3 Å². The Morgan fingerprint density at radius 3 is 2.86 bits per heavy atom. The molecule has 0 amide bonds. The summed E-state index contributed by atoms with van der Waals surface area (Å²) in [5.74, 6) is 0.662. The maximum absolute atomic E-state index is 12.2. The third-order valence-electron chi connectivity index (χ3n) is 3.57. The molecule has 2 N–H and O–H groups in total. The Labute approximate surface area is 126 Å². The van der Waals surface area contributed by atoms with E-state index in [-0.39, 0.29) is 5.56 Å². The lowest BCUT2D eigenvalue weighted by atomic mass is 10.2. The lowest BCUT2D eigenvalue weighted by Gasteiger charge is -2.06. The Hall–Kier alpha value is -2.14. The van der Waals surface area contributed by atoms with Crippen molar-refractivity contribution in [1.29, 1.82) is 0 Å². The summed E-state index contributed by atoms with van der Waals surface area (Å²) in [6, 6.07) is 8.12. The van der Waals surface area contributed by atoms with Crippen molar-refractivity contribution in [2.75, 3.05) is 5.32 Å². The molecule has 0 fully saturated rings. The van der Waals surface area contributed by atoms with E-state index in [1.54, 1.807) is 11.3 Å². The molecule has 3 aromatic rings. The van der Waals surface area contributed by atoms with Crippen LogP contribution in [0.4, 0.5) is 5.69 Å². The number of benzene rings is 1. The summed E-state index contributed by atoms with van der Waals surface area (Å²) in [6.45, 7) is 6.54. The molecule has 0 saturated carbocycles. The average molecular weight is 299 g/mol. The average Bonchev–Trinajstić information content (AvgIpc) is 2.72. The zero-order valence-electron chi connectivity index (χ0n) is 12.3. The van der Waals surface area contributed by atoms with Crippen LogP contribution in [-0.2, 0) is 6.54 Å². The molecule has 0 unspecified atom stereocenters. The molecule has 1 aromatic carbocycles. The first-order chi connectivity index (χ1) is 10.0. The standard InChI is InChI=1S/C16H17N3OS/c1-9-5-4-6-12(7-9)17-8-13-18-15(20)14-10(2)11(3)21-16(14)19-13/h4-7,17H,8H2,1-3H3,(H,18,19,20). The fraction of sp³-hybridized carbons (Fsp3) is 0.250. The number of nitrogens with one attached hydrogen (secondary N) is 2. The Morgan fingerprint density at radius 1 is 1.29 bits per heavy atom. The number of hydrogen-bond acceptors (Lipinski definition) is 4. The molecule has 0 aliphatic carbocycles. The summed E-state index contributed by atoms with van der Waals surface area (Å²) < 4.78 is 0. The van der Waals surface area contributed by atoms with Gasteiger partial charge >= 0.3 is 0 Å². The molecule has 21 heavy (non-hydrogen) atoms. The Kier molecular flexibility index (Phi) is 3.51. The maximum atomic E-state index is 12.2. The van der Waals surface area contributed by atoms with Crippen LogP contribution in [0.5, 0.6) is 0 Å². The van der Waals surface area contributed by atoms with Crippen LogP contribution in [0.15, 0.2) is 29.1 Å². The topological polar surface area (TPSA) is 57.8 Å². The minimum Gasteiger partial charge on any atom is -0.378 e. The zero-order chi connectivity index (χ0) is 15.0. The van der Waals surface area contributed by atoms with Gasteiger partial charge in [0.25, 0.3) is 5.56 Å². The van der Waals surface area contributed by atoms with Crippen LogP contribution in [0, 0.1) is 20.8 Å². The van der Waals surface area contributed by atoms with Gasteiger partial charge in [-0.3, -0.25) is 4.79 Å². The van der Waals surface area contributed by atoms with Crippen LogP contribution >= 0.6 is 11.3 Å². The number of aromatic amines is 1. The maximum Gasteiger partial charge on any atom is 0.259 e. The van der Waals surface area contributed by atoms with Crippen molar-refractivity contribution in [1.82, 2.24) is 9.97 Å². The van der Waals surface area contributed by atoms with Gasteiger partial charge in [0.05, 0.1) is 11.9 Å². The molecular weight excluding hydrogens is 282 g/mol. The third-order valence-corrected chi connectivity index (χ3v) is 4.67. The van der Waals surface area contributed by atoms with Gasteiger partial charge in [-0.2, -0.15) is 0 Å².